The lowest BCUT2D eigenvalue weighted by molar-refractivity contribution is 0.891. The third kappa shape index (κ3) is 5.95. The molecule has 0 atom stereocenters. The van der Waals surface area contributed by atoms with Crippen molar-refractivity contribution in [2.45, 2.75) is 0 Å². The number of nitrogens with zero attached hydrogens (tertiary/aromatic N) is 6. The number of hydrogen-bond acceptors (Lipinski definition) is 3. The summed E-state index contributed by atoms with van der Waals surface area (Å²) in [6, 6.07) is 92.2. The van der Waals surface area contributed by atoms with Crippen LogP contribution in [0.3, 0.4) is 0 Å². The van der Waals surface area contributed by atoms with Gasteiger partial charge in [0.1, 0.15) is 0 Å². The number of rotatable bonds is 8. The second kappa shape index (κ2) is 16.0. The zero-order valence-corrected chi connectivity index (χ0v) is 38.9. The maximum atomic E-state index is 5.52. The fourth-order valence-corrected chi connectivity index (χ4v) is 16.1. The molecule has 0 saturated carbocycles. The van der Waals surface area contributed by atoms with Gasteiger partial charge in [-0.25, -0.2) is 0 Å². The van der Waals surface area contributed by atoms with Crippen LogP contribution in [-0.4, -0.2) is 36.7 Å². The summed E-state index contributed by atoms with van der Waals surface area (Å²) in [7, 11) is -2.83. The second-order valence-electron chi connectivity index (χ2n) is 18.0. The van der Waals surface area contributed by atoms with Crippen molar-refractivity contribution in [1.82, 2.24) is 28.7 Å². The molecule has 70 heavy (non-hydrogen) atoms. The highest BCUT2D eigenvalue weighted by Crippen LogP contribution is 2.40. The summed E-state index contributed by atoms with van der Waals surface area (Å²) >= 11 is 0. The van der Waals surface area contributed by atoms with Crippen LogP contribution in [-0.2, 0) is 0 Å². The third-order valence-corrected chi connectivity index (χ3v) is 19.0. The van der Waals surface area contributed by atoms with Gasteiger partial charge in [0.25, 0.3) is 0 Å². The molecule has 4 aromatic heterocycles. The first-order chi connectivity index (χ1) is 34.8. The molecule has 0 radical (unpaired) electrons. The van der Waals surface area contributed by atoms with E-state index in [1.165, 1.54) is 31.5 Å². The van der Waals surface area contributed by atoms with Crippen LogP contribution in [0, 0.1) is 0 Å². The lowest BCUT2D eigenvalue weighted by atomic mass is 10.1. The van der Waals surface area contributed by atoms with E-state index in [9.17, 15) is 0 Å². The monoisotopic (exact) mass is 910 g/mol. The SMILES string of the molecule is c1ccc(-c2nc(-n3c4ccccc4c4ccccc43)nc(-n3c4ccccc4c4cccc(-n5c6ccccc6c6cc([Si](c7ccccc7)(c7ccccc7)c7ccccc7)ccc65)c43)n2)cc1. The van der Waals surface area contributed by atoms with Crippen LogP contribution in [0.5, 0.6) is 0 Å². The predicted molar refractivity (Wildman–Crippen MR) is 292 cm³/mol. The summed E-state index contributed by atoms with van der Waals surface area (Å²) in [6.45, 7) is 0. The van der Waals surface area contributed by atoms with E-state index >= 15 is 0 Å². The summed E-state index contributed by atoms with van der Waals surface area (Å²) < 4.78 is 6.90. The normalized spacial score (nSPS) is 12.0. The molecule has 0 aliphatic heterocycles. The minimum absolute atomic E-state index is 0.539. The maximum Gasteiger partial charge on any atom is 0.240 e. The van der Waals surface area contributed by atoms with Gasteiger partial charge in [-0.3, -0.25) is 9.13 Å². The summed E-state index contributed by atoms with van der Waals surface area (Å²) in [5.74, 6) is 1.69. The quantitative estimate of drug-likeness (QED) is 0.113. The summed E-state index contributed by atoms with van der Waals surface area (Å²) in [5.41, 5.74) is 8.28. The predicted octanol–water partition coefficient (Wildman–Crippen LogP) is 12.2. The van der Waals surface area contributed by atoms with E-state index in [0.717, 1.165) is 65.9 Å². The van der Waals surface area contributed by atoms with Crippen molar-refractivity contribution in [2.75, 3.05) is 0 Å². The first kappa shape index (κ1) is 39.9. The molecule has 0 spiro atoms. The molecule has 14 rings (SSSR count). The van der Waals surface area contributed by atoms with Crippen molar-refractivity contribution in [3.63, 3.8) is 0 Å². The highest BCUT2D eigenvalue weighted by Gasteiger charge is 2.41. The average molecular weight is 911 g/mol. The molecule has 0 saturated heterocycles. The lowest BCUT2D eigenvalue weighted by Crippen LogP contribution is -2.74. The van der Waals surface area contributed by atoms with Crippen molar-refractivity contribution >= 4 is 94.2 Å². The Kier molecular flexibility index (Phi) is 9.12. The van der Waals surface area contributed by atoms with Crippen molar-refractivity contribution in [3.05, 3.63) is 255 Å². The molecule has 0 bridgehead atoms. The van der Waals surface area contributed by atoms with E-state index in [4.69, 9.17) is 15.0 Å². The number of benzene rings is 10. The van der Waals surface area contributed by atoms with E-state index in [-0.39, 0.29) is 0 Å². The van der Waals surface area contributed by atoms with E-state index in [0.29, 0.717) is 17.7 Å². The molecule has 0 unspecified atom stereocenters. The average Bonchev–Trinajstić information content (AvgIpc) is 4.08. The van der Waals surface area contributed by atoms with Gasteiger partial charge in [0.15, 0.2) is 13.9 Å². The number of fused-ring (bicyclic) bond motifs is 9. The minimum Gasteiger partial charge on any atom is -0.307 e. The molecular weight excluding hydrogens is 869 g/mol. The standard InChI is InChI=1S/C63H42N6Si/c1-5-22-43(23-6-1)61-64-62(68-55-36-18-13-30-48(55)49-31-14-19-37-56(49)68)66-63(65-61)69-57-38-20-15-32-50(57)52-34-21-39-59(60(52)69)67-54-35-17-16-33-51(54)53-42-47(40-41-58(53)67)70(44-24-7-2-8-25-44,45-26-9-3-10-27-45)46-28-11-4-12-29-46/h1-42H. The molecule has 0 amide bonds. The zero-order valence-electron chi connectivity index (χ0n) is 37.9. The first-order valence-electron chi connectivity index (χ1n) is 23.8. The largest absolute Gasteiger partial charge is 0.307 e. The van der Waals surface area contributed by atoms with Crippen molar-refractivity contribution in [1.29, 1.82) is 0 Å². The van der Waals surface area contributed by atoms with E-state index in [2.05, 4.69) is 250 Å². The van der Waals surface area contributed by atoms with Gasteiger partial charge in [0.2, 0.25) is 11.9 Å². The number of aromatic nitrogens is 6. The molecule has 0 aliphatic rings. The van der Waals surface area contributed by atoms with Crippen molar-refractivity contribution < 1.29 is 0 Å². The van der Waals surface area contributed by atoms with Crippen LogP contribution >= 0.6 is 0 Å². The molecule has 7 heteroatoms. The smallest absolute Gasteiger partial charge is 0.240 e. The van der Waals surface area contributed by atoms with Crippen molar-refractivity contribution in [2.24, 2.45) is 0 Å². The second-order valence-corrected chi connectivity index (χ2v) is 21.8. The fraction of sp³-hybridized carbons (Fsp3) is 0. The van der Waals surface area contributed by atoms with Crippen LogP contribution in [0.15, 0.2) is 255 Å². The molecule has 0 N–H and O–H groups in total. The molecule has 10 aromatic carbocycles. The van der Waals surface area contributed by atoms with E-state index in [1.807, 2.05) is 18.2 Å². The molecule has 4 heterocycles. The number of hydrogen-bond donors (Lipinski definition) is 0. The summed E-state index contributed by atoms with van der Waals surface area (Å²) in [5, 5.41) is 12.3. The summed E-state index contributed by atoms with van der Waals surface area (Å²) in [6.07, 6.45) is 0. The molecule has 0 aliphatic carbocycles. The first-order valence-corrected chi connectivity index (χ1v) is 25.8. The molecule has 14 aromatic rings. The molecular formula is C63H42N6Si. The van der Waals surface area contributed by atoms with E-state index in [1.54, 1.807) is 0 Å². The topological polar surface area (TPSA) is 53.5 Å². The van der Waals surface area contributed by atoms with Gasteiger partial charge in [0, 0.05) is 37.9 Å². The van der Waals surface area contributed by atoms with Gasteiger partial charge in [-0.1, -0.05) is 218 Å². The van der Waals surface area contributed by atoms with Gasteiger partial charge >= 0.3 is 0 Å². The molecule has 6 nitrogen and oxygen atoms in total. The van der Waals surface area contributed by atoms with Gasteiger partial charge in [-0.05, 0) is 57.1 Å². The van der Waals surface area contributed by atoms with Crippen LogP contribution in [0.1, 0.15) is 0 Å². The van der Waals surface area contributed by atoms with Gasteiger partial charge < -0.3 is 4.57 Å². The van der Waals surface area contributed by atoms with Crippen LogP contribution in [0.2, 0.25) is 0 Å². The Morgan fingerprint density at radius 3 is 1.21 bits per heavy atom. The van der Waals surface area contributed by atoms with Crippen molar-refractivity contribution in [3.8, 4) is 29.0 Å². The zero-order chi connectivity index (χ0) is 46.2. The highest BCUT2D eigenvalue weighted by molar-refractivity contribution is 7.20. The molecule has 0 fully saturated rings. The van der Waals surface area contributed by atoms with Crippen LogP contribution < -0.4 is 20.7 Å². The highest BCUT2D eigenvalue weighted by atomic mass is 28.3. The third-order valence-electron chi connectivity index (χ3n) is 14.3. The Morgan fingerprint density at radius 2 is 0.671 bits per heavy atom. The minimum atomic E-state index is -2.83. The molecule has 328 valence electrons. The van der Waals surface area contributed by atoms with Gasteiger partial charge in [-0.2, -0.15) is 15.0 Å². The Labute approximate surface area is 404 Å². The van der Waals surface area contributed by atoms with Gasteiger partial charge in [-0.15, -0.1) is 0 Å². The van der Waals surface area contributed by atoms with E-state index < -0.39 is 8.07 Å². The Hall–Kier alpha value is -9.17. The van der Waals surface area contributed by atoms with Gasteiger partial charge in [0.05, 0.1) is 38.8 Å². The summed E-state index contributed by atoms with van der Waals surface area (Å²) in [4.78, 5) is 16.2. The fourth-order valence-electron chi connectivity index (χ4n) is 11.3. The maximum absolute atomic E-state index is 5.52. The Bertz CT molecular complexity index is 4140. The lowest BCUT2D eigenvalue weighted by Gasteiger charge is -2.34. The Balaban J connectivity index is 1.07. The van der Waals surface area contributed by atoms with Crippen LogP contribution in [0.25, 0.3) is 94.4 Å². The van der Waals surface area contributed by atoms with Crippen LogP contribution in [0.4, 0.5) is 0 Å². The Morgan fingerprint density at radius 1 is 0.271 bits per heavy atom. The number of para-hydroxylation sites is 5.